The van der Waals surface area contributed by atoms with Crippen LogP contribution in [0.15, 0.2) is 18.2 Å². The maximum absolute atomic E-state index is 2.71. The molecule has 1 saturated carbocycles. The first-order valence-corrected chi connectivity index (χ1v) is 12.7. The number of hydrogen-bond acceptors (Lipinski definition) is 4. The molecule has 2 heterocycles. The molecule has 0 N–H and O–H groups in total. The first kappa shape index (κ1) is 22.1. The highest BCUT2D eigenvalue weighted by atomic mass is 15.6. The number of piperazine rings is 1. The fourth-order valence-electron chi connectivity index (χ4n) is 6.18. The van der Waals surface area contributed by atoms with Crippen LogP contribution < -0.4 is 4.90 Å². The largest absolute Gasteiger partial charge is 0.369 e. The van der Waals surface area contributed by atoms with E-state index in [1.165, 1.54) is 76.8 Å². The van der Waals surface area contributed by atoms with Crippen LogP contribution in [-0.2, 0) is 0 Å². The summed E-state index contributed by atoms with van der Waals surface area (Å²) in [7, 11) is 4.61. The second-order valence-electron chi connectivity index (χ2n) is 9.83. The number of hydrogen-bond donors (Lipinski definition) is 0. The molecular formula is C26H44N4. The van der Waals surface area contributed by atoms with Crippen molar-refractivity contribution in [2.24, 2.45) is 5.92 Å². The van der Waals surface area contributed by atoms with Crippen LogP contribution in [0.2, 0.25) is 0 Å². The Balaban J connectivity index is 0.00000106. The third kappa shape index (κ3) is 4.56. The highest BCUT2D eigenvalue weighted by Crippen LogP contribution is 2.48. The van der Waals surface area contributed by atoms with Gasteiger partial charge in [-0.1, -0.05) is 39.2 Å². The maximum Gasteiger partial charge on any atom is 0.0501 e. The summed E-state index contributed by atoms with van der Waals surface area (Å²) in [6.07, 6.45) is 9.90. The predicted octanol–water partition coefficient (Wildman–Crippen LogP) is 5.13. The summed E-state index contributed by atoms with van der Waals surface area (Å²) in [6, 6.07) is 8.00. The van der Waals surface area contributed by atoms with E-state index >= 15 is 0 Å². The molecule has 0 aromatic heterocycles. The van der Waals surface area contributed by atoms with E-state index in [-0.39, 0.29) is 0 Å². The number of rotatable bonds is 3. The molecule has 3 fully saturated rings. The zero-order valence-electron chi connectivity index (χ0n) is 19.9. The standard InChI is InChI=1S/C24H38N4.C2H6/c1-25-12-14-27(15-13-25)21-8-9-22-20-10-11-28(18-19-6-4-3-5-7-19)26(2)24(16-20)23(22)17-21;1-2/h8-9,17,19-20,24H,3-7,10-16,18H2,1-2H3;1-2H3/t20-,24-;/m1./s1. The number of likely N-dealkylation sites (N-methyl/N-ethyl adjacent to an activating group) is 1. The number of hydrazine groups is 1. The lowest BCUT2D eigenvalue weighted by Crippen LogP contribution is -2.45. The van der Waals surface area contributed by atoms with Crippen molar-refractivity contribution in [2.75, 3.05) is 58.3 Å². The Labute approximate surface area is 185 Å². The molecule has 168 valence electrons. The number of fused-ring (bicyclic) bond motifs is 5. The molecule has 2 bridgehead atoms. The molecule has 2 saturated heterocycles. The van der Waals surface area contributed by atoms with Crippen LogP contribution in [0.25, 0.3) is 0 Å². The molecule has 4 nitrogen and oxygen atoms in total. The SMILES string of the molecule is CC.CN1CCN(c2ccc3c(c2)[C@H]2C[C@H]3CCN(CC3CCCCC3)N2C)CC1. The van der Waals surface area contributed by atoms with Crippen LogP contribution >= 0.6 is 0 Å². The molecule has 30 heavy (non-hydrogen) atoms. The minimum absolute atomic E-state index is 0.582. The van der Waals surface area contributed by atoms with Crippen LogP contribution in [0.4, 0.5) is 5.69 Å². The first-order chi connectivity index (χ1) is 14.7. The van der Waals surface area contributed by atoms with Crippen LogP contribution in [0.3, 0.4) is 0 Å². The number of benzene rings is 1. The van der Waals surface area contributed by atoms with E-state index in [0.29, 0.717) is 6.04 Å². The van der Waals surface area contributed by atoms with Crippen molar-refractivity contribution in [1.29, 1.82) is 0 Å². The van der Waals surface area contributed by atoms with Gasteiger partial charge in [0.1, 0.15) is 0 Å². The van der Waals surface area contributed by atoms with Gasteiger partial charge in [-0.15, -0.1) is 0 Å². The zero-order chi connectivity index (χ0) is 21.1. The van der Waals surface area contributed by atoms with E-state index in [1.807, 2.05) is 13.8 Å². The Morgan fingerprint density at radius 1 is 0.833 bits per heavy atom. The lowest BCUT2D eigenvalue weighted by atomic mass is 9.89. The average Bonchev–Trinajstić information content (AvgIpc) is 3.08. The van der Waals surface area contributed by atoms with Crippen molar-refractivity contribution in [3.63, 3.8) is 0 Å². The number of anilines is 1. The minimum Gasteiger partial charge on any atom is -0.369 e. The molecule has 2 aliphatic heterocycles. The van der Waals surface area contributed by atoms with E-state index in [0.717, 1.165) is 24.9 Å². The van der Waals surface area contributed by atoms with Gasteiger partial charge < -0.3 is 9.80 Å². The van der Waals surface area contributed by atoms with E-state index in [9.17, 15) is 0 Å². The first-order valence-electron chi connectivity index (χ1n) is 12.7. The molecule has 0 spiro atoms. The molecule has 5 rings (SSSR count). The number of nitrogens with zero attached hydrogens (tertiary/aromatic N) is 4. The Hall–Kier alpha value is -1.10. The molecule has 4 aliphatic rings. The Bertz CT molecular complexity index is 676. The molecule has 0 radical (unpaired) electrons. The summed E-state index contributed by atoms with van der Waals surface area (Å²) in [5.74, 6) is 1.68. The fourth-order valence-corrected chi connectivity index (χ4v) is 6.18. The van der Waals surface area contributed by atoms with Gasteiger partial charge in [0.05, 0.1) is 6.04 Å². The minimum atomic E-state index is 0.582. The third-order valence-electron chi connectivity index (χ3n) is 8.07. The normalized spacial score (nSPS) is 28.6. The molecule has 1 aromatic rings. The summed E-state index contributed by atoms with van der Waals surface area (Å²) in [5.41, 5.74) is 4.72. The Morgan fingerprint density at radius 2 is 1.57 bits per heavy atom. The van der Waals surface area contributed by atoms with Gasteiger partial charge >= 0.3 is 0 Å². The van der Waals surface area contributed by atoms with Crippen molar-refractivity contribution in [1.82, 2.24) is 14.9 Å². The molecule has 1 aromatic carbocycles. The highest BCUT2D eigenvalue weighted by Gasteiger charge is 2.39. The second-order valence-corrected chi connectivity index (χ2v) is 9.83. The van der Waals surface area contributed by atoms with Crippen LogP contribution in [0.5, 0.6) is 0 Å². The van der Waals surface area contributed by atoms with Gasteiger partial charge in [0.15, 0.2) is 0 Å². The van der Waals surface area contributed by atoms with E-state index < -0.39 is 0 Å². The van der Waals surface area contributed by atoms with Gasteiger partial charge in [0.2, 0.25) is 0 Å². The van der Waals surface area contributed by atoms with E-state index in [1.54, 1.807) is 11.1 Å². The van der Waals surface area contributed by atoms with Crippen molar-refractivity contribution < 1.29 is 0 Å². The van der Waals surface area contributed by atoms with Crippen molar-refractivity contribution in [3.8, 4) is 0 Å². The van der Waals surface area contributed by atoms with Crippen LogP contribution in [0, 0.1) is 5.92 Å². The maximum atomic E-state index is 2.71. The van der Waals surface area contributed by atoms with Gasteiger partial charge in [-0.3, -0.25) is 0 Å². The van der Waals surface area contributed by atoms with Gasteiger partial charge in [-0.05, 0) is 67.8 Å². The quantitative estimate of drug-likeness (QED) is 0.682. The van der Waals surface area contributed by atoms with Crippen LogP contribution in [0.1, 0.15) is 81.9 Å². The van der Waals surface area contributed by atoms with Gasteiger partial charge in [-0.2, -0.15) is 0 Å². The molecule has 2 atom stereocenters. The van der Waals surface area contributed by atoms with Gasteiger partial charge in [0.25, 0.3) is 0 Å². The summed E-state index contributed by atoms with van der Waals surface area (Å²) in [5, 5.41) is 5.35. The second kappa shape index (κ2) is 10.0. The van der Waals surface area contributed by atoms with Crippen molar-refractivity contribution in [2.45, 2.75) is 70.8 Å². The molecule has 0 amide bonds. The summed E-state index contributed by atoms with van der Waals surface area (Å²) < 4.78 is 0. The van der Waals surface area contributed by atoms with Crippen molar-refractivity contribution in [3.05, 3.63) is 29.3 Å². The van der Waals surface area contributed by atoms with Gasteiger partial charge in [-0.25, -0.2) is 10.0 Å². The van der Waals surface area contributed by atoms with Crippen molar-refractivity contribution >= 4 is 5.69 Å². The molecule has 0 unspecified atom stereocenters. The monoisotopic (exact) mass is 412 g/mol. The summed E-state index contributed by atoms with van der Waals surface area (Å²) in [6.45, 7) is 11.2. The molecule has 2 aliphatic carbocycles. The Kier molecular flexibility index (Phi) is 7.38. The lowest BCUT2D eigenvalue weighted by Gasteiger charge is -2.39. The zero-order valence-corrected chi connectivity index (χ0v) is 19.9. The highest BCUT2D eigenvalue weighted by molar-refractivity contribution is 5.54. The smallest absolute Gasteiger partial charge is 0.0501 e. The molecular weight excluding hydrogens is 368 g/mol. The van der Waals surface area contributed by atoms with Gasteiger partial charge in [0, 0.05) is 52.0 Å². The van der Waals surface area contributed by atoms with E-state index in [4.69, 9.17) is 0 Å². The topological polar surface area (TPSA) is 13.0 Å². The van der Waals surface area contributed by atoms with Crippen LogP contribution in [-0.4, -0.2) is 68.3 Å². The van der Waals surface area contributed by atoms with E-state index in [2.05, 4.69) is 52.1 Å². The molecule has 4 heteroatoms. The summed E-state index contributed by atoms with van der Waals surface area (Å²) in [4.78, 5) is 5.04. The Morgan fingerprint density at radius 3 is 2.30 bits per heavy atom. The predicted molar refractivity (Wildman–Crippen MR) is 128 cm³/mol. The average molecular weight is 413 g/mol. The fraction of sp³-hybridized carbons (Fsp3) is 0.769. The third-order valence-corrected chi connectivity index (χ3v) is 8.07. The summed E-state index contributed by atoms with van der Waals surface area (Å²) >= 11 is 0. The lowest BCUT2D eigenvalue weighted by molar-refractivity contribution is -0.0436.